The Labute approximate surface area is 124 Å². The number of aryl methyl sites for hydroxylation is 1. The van der Waals surface area contributed by atoms with Gasteiger partial charge in [0.25, 0.3) is 0 Å². The fraction of sp³-hybridized carbons (Fsp3) is 0.412. The second-order valence-electron chi connectivity index (χ2n) is 5.63. The van der Waals surface area contributed by atoms with Crippen LogP contribution in [0.15, 0.2) is 36.4 Å². The van der Waals surface area contributed by atoms with E-state index in [0.717, 1.165) is 5.56 Å². The van der Waals surface area contributed by atoms with Crippen LogP contribution in [-0.4, -0.2) is 17.0 Å². The van der Waals surface area contributed by atoms with Crippen molar-refractivity contribution in [3.05, 3.63) is 47.5 Å². The topological polar surface area (TPSA) is 66.4 Å². The number of carboxylic acids is 1. The van der Waals surface area contributed by atoms with Crippen LogP contribution in [0.3, 0.4) is 0 Å². The van der Waals surface area contributed by atoms with Crippen molar-refractivity contribution in [2.75, 3.05) is 0 Å². The molecule has 1 aromatic rings. The third-order valence-corrected chi connectivity index (χ3v) is 4.02. The normalized spacial score (nSPS) is 22.6. The molecule has 0 bridgehead atoms. The molecule has 4 heteroatoms. The summed E-state index contributed by atoms with van der Waals surface area (Å²) in [4.78, 5) is 23.6. The molecule has 3 atom stereocenters. The molecule has 1 amide bonds. The summed E-state index contributed by atoms with van der Waals surface area (Å²) in [7, 11) is 0. The second kappa shape index (κ2) is 6.57. The van der Waals surface area contributed by atoms with E-state index in [1.54, 1.807) is 0 Å². The maximum atomic E-state index is 12.4. The molecule has 1 aliphatic carbocycles. The summed E-state index contributed by atoms with van der Waals surface area (Å²) in [6, 6.07) is 7.84. The van der Waals surface area contributed by atoms with E-state index in [-0.39, 0.29) is 11.9 Å². The molecule has 112 valence electrons. The largest absolute Gasteiger partial charge is 0.481 e. The molecule has 2 N–H and O–H groups in total. The van der Waals surface area contributed by atoms with Crippen LogP contribution in [0.5, 0.6) is 0 Å². The highest BCUT2D eigenvalue weighted by molar-refractivity contribution is 5.85. The molecule has 0 aromatic heterocycles. The van der Waals surface area contributed by atoms with Gasteiger partial charge in [-0.25, -0.2) is 0 Å². The lowest BCUT2D eigenvalue weighted by atomic mass is 9.82. The third kappa shape index (κ3) is 3.72. The summed E-state index contributed by atoms with van der Waals surface area (Å²) in [6.45, 7) is 3.93. The van der Waals surface area contributed by atoms with Gasteiger partial charge in [0.05, 0.1) is 17.9 Å². The van der Waals surface area contributed by atoms with Crippen LogP contribution in [0.25, 0.3) is 0 Å². The van der Waals surface area contributed by atoms with Crippen molar-refractivity contribution in [1.82, 2.24) is 5.32 Å². The number of carbonyl (C=O) groups excluding carboxylic acids is 1. The highest BCUT2D eigenvalue weighted by atomic mass is 16.4. The molecule has 0 fully saturated rings. The van der Waals surface area contributed by atoms with Crippen LogP contribution < -0.4 is 5.32 Å². The van der Waals surface area contributed by atoms with Crippen LogP contribution in [0.2, 0.25) is 0 Å². The molecule has 0 aliphatic heterocycles. The first-order valence-corrected chi connectivity index (χ1v) is 7.23. The van der Waals surface area contributed by atoms with E-state index in [1.165, 1.54) is 5.56 Å². The fourth-order valence-electron chi connectivity index (χ4n) is 2.64. The summed E-state index contributed by atoms with van der Waals surface area (Å²) in [6.07, 6.45) is 4.64. The number of hydrogen-bond donors (Lipinski definition) is 2. The Kier molecular flexibility index (Phi) is 4.78. The Morgan fingerprint density at radius 3 is 2.29 bits per heavy atom. The van der Waals surface area contributed by atoms with Crippen LogP contribution in [0.1, 0.15) is 36.9 Å². The molecule has 0 heterocycles. The van der Waals surface area contributed by atoms with Crippen molar-refractivity contribution in [2.24, 2.45) is 11.8 Å². The van der Waals surface area contributed by atoms with E-state index in [1.807, 2.05) is 50.3 Å². The predicted molar refractivity (Wildman–Crippen MR) is 80.7 cm³/mol. The second-order valence-corrected chi connectivity index (χ2v) is 5.63. The molecule has 0 spiro atoms. The van der Waals surface area contributed by atoms with Gasteiger partial charge in [-0.15, -0.1) is 0 Å². The average molecular weight is 287 g/mol. The lowest BCUT2D eigenvalue weighted by molar-refractivity contribution is -0.147. The number of allylic oxidation sites excluding steroid dienone is 2. The monoisotopic (exact) mass is 287 g/mol. The molecular weight excluding hydrogens is 266 g/mol. The van der Waals surface area contributed by atoms with E-state index in [0.29, 0.717) is 12.8 Å². The Bertz CT molecular complexity index is 548. The van der Waals surface area contributed by atoms with Crippen molar-refractivity contribution in [3.8, 4) is 0 Å². The van der Waals surface area contributed by atoms with Gasteiger partial charge in [0, 0.05) is 0 Å². The van der Waals surface area contributed by atoms with E-state index in [9.17, 15) is 14.7 Å². The first-order valence-electron chi connectivity index (χ1n) is 7.23. The quantitative estimate of drug-likeness (QED) is 0.837. The van der Waals surface area contributed by atoms with Gasteiger partial charge >= 0.3 is 5.97 Å². The molecule has 0 radical (unpaired) electrons. The Morgan fingerprint density at radius 1 is 1.14 bits per heavy atom. The van der Waals surface area contributed by atoms with Gasteiger partial charge in [0.2, 0.25) is 5.91 Å². The van der Waals surface area contributed by atoms with Crippen molar-refractivity contribution in [3.63, 3.8) is 0 Å². The van der Waals surface area contributed by atoms with Crippen LogP contribution >= 0.6 is 0 Å². The number of hydrogen-bond acceptors (Lipinski definition) is 2. The Hall–Kier alpha value is -2.10. The number of carbonyl (C=O) groups is 2. The maximum absolute atomic E-state index is 12.4. The van der Waals surface area contributed by atoms with Gasteiger partial charge in [0.1, 0.15) is 0 Å². The summed E-state index contributed by atoms with van der Waals surface area (Å²) < 4.78 is 0. The Morgan fingerprint density at radius 2 is 1.71 bits per heavy atom. The predicted octanol–water partition coefficient (Wildman–Crippen LogP) is 2.84. The van der Waals surface area contributed by atoms with Crippen LogP contribution in [-0.2, 0) is 9.59 Å². The van der Waals surface area contributed by atoms with Crippen molar-refractivity contribution >= 4 is 11.9 Å². The maximum Gasteiger partial charge on any atom is 0.307 e. The number of benzene rings is 1. The van der Waals surface area contributed by atoms with E-state index in [4.69, 9.17) is 0 Å². The Balaban J connectivity index is 2.04. The molecule has 0 saturated heterocycles. The summed E-state index contributed by atoms with van der Waals surface area (Å²) in [5.74, 6) is -2.19. The number of rotatable bonds is 4. The van der Waals surface area contributed by atoms with E-state index < -0.39 is 17.8 Å². The van der Waals surface area contributed by atoms with Gasteiger partial charge in [-0.2, -0.15) is 0 Å². The number of amides is 1. The third-order valence-electron chi connectivity index (χ3n) is 4.02. The van der Waals surface area contributed by atoms with Crippen molar-refractivity contribution in [2.45, 2.75) is 32.7 Å². The smallest absolute Gasteiger partial charge is 0.307 e. The van der Waals surface area contributed by atoms with Gasteiger partial charge in [0.15, 0.2) is 0 Å². The van der Waals surface area contributed by atoms with E-state index >= 15 is 0 Å². The summed E-state index contributed by atoms with van der Waals surface area (Å²) in [5, 5.41) is 12.2. The lowest BCUT2D eigenvalue weighted by Gasteiger charge is -2.26. The van der Waals surface area contributed by atoms with Crippen LogP contribution in [0.4, 0.5) is 0 Å². The number of carboxylic acid groups (broad SMARTS) is 1. The minimum Gasteiger partial charge on any atom is -0.481 e. The van der Waals surface area contributed by atoms with Gasteiger partial charge in [-0.1, -0.05) is 42.0 Å². The van der Waals surface area contributed by atoms with Gasteiger partial charge in [-0.05, 0) is 32.3 Å². The van der Waals surface area contributed by atoms with Gasteiger partial charge < -0.3 is 10.4 Å². The molecule has 0 saturated carbocycles. The summed E-state index contributed by atoms with van der Waals surface area (Å²) >= 11 is 0. The minimum atomic E-state index is -0.900. The van der Waals surface area contributed by atoms with Gasteiger partial charge in [-0.3, -0.25) is 9.59 Å². The SMILES string of the molecule is Cc1ccc([C@H](C)NC(=O)[C@@H]2CC=CC[C@@H]2C(=O)O)cc1. The standard InChI is InChI=1S/C17H21NO3/c1-11-7-9-13(10-8-11)12(2)18-16(19)14-5-3-4-6-15(14)17(20)21/h3-4,7-10,12,14-15H,5-6H2,1-2H3,(H,18,19)(H,20,21)/t12-,14+,15-/m0/s1. The highest BCUT2D eigenvalue weighted by Crippen LogP contribution is 2.27. The van der Waals surface area contributed by atoms with E-state index in [2.05, 4.69) is 5.32 Å². The first kappa shape index (κ1) is 15.3. The lowest BCUT2D eigenvalue weighted by Crippen LogP contribution is -2.39. The fourth-order valence-corrected chi connectivity index (χ4v) is 2.64. The molecule has 0 unspecified atom stereocenters. The van der Waals surface area contributed by atoms with Crippen molar-refractivity contribution < 1.29 is 14.7 Å². The zero-order valence-corrected chi connectivity index (χ0v) is 12.4. The minimum absolute atomic E-state index is 0.126. The molecule has 21 heavy (non-hydrogen) atoms. The zero-order valence-electron chi connectivity index (χ0n) is 12.4. The molecule has 1 aromatic carbocycles. The molecule has 2 rings (SSSR count). The molecule has 1 aliphatic rings. The number of aliphatic carboxylic acids is 1. The number of nitrogens with one attached hydrogen (secondary N) is 1. The van der Waals surface area contributed by atoms with Crippen LogP contribution in [0, 0.1) is 18.8 Å². The molecule has 4 nitrogen and oxygen atoms in total. The molecular formula is C17H21NO3. The highest BCUT2D eigenvalue weighted by Gasteiger charge is 2.34. The van der Waals surface area contributed by atoms with Crippen molar-refractivity contribution in [1.29, 1.82) is 0 Å². The summed E-state index contributed by atoms with van der Waals surface area (Å²) in [5.41, 5.74) is 2.19. The average Bonchev–Trinajstić information content (AvgIpc) is 2.47. The first-order chi connectivity index (χ1) is 9.99. The zero-order chi connectivity index (χ0) is 15.4.